The van der Waals surface area contributed by atoms with E-state index in [4.69, 9.17) is 11.2 Å². The van der Waals surface area contributed by atoms with E-state index >= 15 is 0 Å². The Morgan fingerprint density at radius 3 is 2.67 bits per heavy atom. The standard InChI is InChI=1S/C15H24N5O3P/c1-2-9-18-14(21)11-5-7-12(8-6-11)19-24(17,23)20-10-3-4-13(16)15(20)22/h5-8,13H,2-4,9-10,16H2,1H3,(H,18,21)(H3,17,19,23)/t13-,24?/m0/s1. The third kappa shape index (κ3) is 4.35. The summed E-state index contributed by atoms with van der Waals surface area (Å²) in [6.07, 6.45) is 2.08. The van der Waals surface area contributed by atoms with E-state index < -0.39 is 19.5 Å². The number of rotatable bonds is 6. The van der Waals surface area contributed by atoms with Crippen molar-refractivity contribution in [2.45, 2.75) is 32.2 Å². The first-order valence-electron chi connectivity index (χ1n) is 7.97. The predicted molar refractivity (Wildman–Crippen MR) is 93.4 cm³/mol. The Balaban J connectivity index is 2.05. The monoisotopic (exact) mass is 353 g/mol. The first kappa shape index (κ1) is 18.4. The van der Waals surface area contributed by atoms with Crippen LogP contribution in [-0.4, -0.2) is 35.6 Å². The Morgan fingerprint density at radius 1 is 1.38 bits per heavy atom. The average molecular weight is 353 g/mol. The van der Waals surface area contributed by atoms with Crippen molar-refractivity contribution in [2.75, 3.05) is 18.2 Å². The van der Waals surface area contributed by atoms with Crippen molar-refractivity contribution < 1.29 is 14.2 Å². The SMILES string of the molecule is CCCNC(=O)c1ccc(NP(N)(=O)N2CCC[C@H](N)C2=O)cc1. The summed E-state index contributed by atoms with van der Waals surface area (Å²) in [4.78, 5) is 23.9. The van der Waals surface area contributed by atoms with E-state index in [1.807, 2.05) is 6.92 Å². The molecule has 2 amide bonds. The zero-order valence-electron chi connectivity index (χ0n) is 13.7. The van der Waals surface area contributed by atoms with Gasteiger partial charge in [-0.05, 0) is 43.5 Å². The Bertz CT molecular complexity index is 649. The number of benzene rings is 1. The zero-order valence-corrected chi connectivity index (χ0v) is 14.6. The number of carbonyl (C=O) groups is 2. The molecule has 132 valence electrons. The lowest BCUT2D eigenvalue weighted by Crippen LogP contribution is -2.48. The maximum absolute atomic E-state index is 12.7. The van der Waals surface area contributed by atoms with Crippen molar-refractivity contribution >= 4 is 25.1 Å². The van der Waals surface area contributed by atoms with Crippen molar-refractivity contribution in [3.8, 4) is 0 Å². The van der Waals surface area contributed by atoms with E-state index in [9.17, 15) is 14.2 Å². The van der Waals surface area contributed by atoms with Crippen LogP contribution in [-0.2, 0) is 9.36 Å². The predicted octanol–water partition coefficient (Wildman–Crippen LogP) is 1.25. The lowest BCUT2D eigenvalue weighted by atomic mass is 10.1. The summed E-state index contributed by atoms with van der Waals surface area (Å²) in [5, 5.41) is 5.47. The van der Waals surface area contributed by atoms with Crippen molar-refractivity contribution in [2.24, 2.45) is 11.2 Å². The number of nitrogens with one attached hydrogen (secondary N) is 2. The van der Waals surface area contributed by atoms with Gasteiger partial charge in [0.05, 0.1) is 6.04 Å². The fourth-order valence-corrected chi connectivity index (χ4v) is 3.98. The smallest absolute Gasteiger partial charge is 0.330 e. The van der Waals surface area contributed by atoms with E-state index in [1.54, 1.807) is 24.3 Å². The molecule has 24 heavy (non-hydrogen) atoms. The number of nitrogens with zero attached hydrogens (tertiary/aromatic N) is 1. The molecular weight excluding hydrogens is 329 g/mol. The van der Waals surface area contributed by atoms with Crippen LogP contribution in [0.3, 0.4) is 0 Å². The lowest BCUT2D eigenvalue weighted by Gasteiger charge is -2.34. The molecule has 6 N–H and O–H groups in total. The van der Waals surface area contributed by atoms with Gasteiger partial charge in [0.25, 0.3) is 5.91 Å². The molecule has 0 saturated carbocycles. The van der Waals surface area contributed by atoms with Crippen LogP contribution in [0.5, 0.6) is 0 Å². The van der Waals surface area contributed by atoms with E-state index in [2.05, 4.69) is 10.4 Å². The van der Waals surface area contributed by atoms with Crippen LogP contribution >= 0.6 is 7.59 Å². The second kappa shape index (κ2) is 7.79. The fourth-order valence-electron chi connectivity index (χ4n) is 2.46. The minimum Gasteiger partial charge on any atom is -0.352 e. The molecule has 1 aromatic carbocycles. The Labute approximate surface area is 141 Å². The van der Waals surface area contributed by atoms with Gasteiger partial charge in [0.15, 0.2) is 0 Å². The van der Waals surface area contributed by atoms with Crippen LogP contribution in [0.1, 0.15) is 36.5 Å². The minimum atomic E-state index is -3.59. The molecule has 9 heteroatoms. The van der Waals surface area contributed by atoms with Crippen molar-refractivity contribution in [3.63, 3.8) is 0 Å². The zero-order chi connectivity index (χ0) is 17.7. The molecule has 0 spiro atoms. The molecule has 2 atom stereocenters. The molecule has 2 rings (SSSR count). The molecule has 0 bridgehead atoms. The summed E-state index contributed by atoms with van der Waals surface area (Å²) >= 11 is 0. The Hall–Kier alpha value is -1.89. The summed E-state index contributed by atoms with van der Waals surface area (Å²) < 4.78 is 13.8. The van der Waals surface area contributed by atoms with Gasteiger partial charge in [0.1, 0.15) is 0 Å². The topological polar surface area (TPSA) is 131 Å². The Morgan fingerprint density at radius 2 is 2.04 bits per heavy atom. The summed E-state index contributed by atoms with van der Waals surface area (Å²) in [7, 11) is -3.59. The minimum absolute atomic E-state index is 0.170. The first-order chi connectivity index (χ1) is 11.3. The van der Waals surface area contributed by atoms with E-state index in [0.29, 0.717) is 37.2 Å². The van der Waals surface area contributed by atoms with Crippen molar-refractivity contribution in [1.82, 2.24) is 9.99 Å². The van der Waals surface area contributed by atoms with Crippen LogP contribution in [0.4, 0.5) is 5.69 Å². The van der Waals surface area contributed by atoms with Crippen molar-refractivity contribution in [1.29, 1.82) is 0 Å². The number of nitrogens with two attached hydrogens (primary N) is 2. The summed E-state index contributed by atoms with van der Waals surface area (Å²) in [5.41, 5.74) is 12.5. The molecule has 1 heterocycles. The highest BCUT2D eigenvalue weighted by Gasteiger charge is 2.36. The maximum atomic E-state index is 12.7. The molecule has 1 aliphatic rings. The highest BCUT2D eigenvalue weighted by atomic mass is 31.2. The fraction of sp³-hybridized carbons (Fsp3) is 0.467. The molecule has 0 aliphatic carbocycles. The largest absolute Gasteiger partial charge is 0.352 e. The van der Waals surface area contributed by atoms with Gasteiger partial charge in [0, 0.05) is 24.3 Å². The van der Waals surface area contributed by atoms with Crippen LogP contribution in [0.15, 0.2) is 24.3 Å². The van der Waals surface area contributed by atoms with Crippen LogP contribution < -0.4 is 21.6 Å². The molecule has 1 fully saturated rings. The maximum Gasteiger partial charge on any atom is 0.330 e. The van der Waals surface area contributed by atoms with Crippen molar-refractivity contribution in [3.05, 3.63) is 29.8 Å². The number of hydrogen-bond donors (Lipinski definition) is 4. The summed E-state index contributed by atoms with van der Waals surface area (Å²) in [6.45, 7) is 2.89. The quantitative estimate of drug-likeness (QED) is 0.570. The Kier molecular flexibility index (Phi) is 5.99. The normalized spacial score (nSPS) is 20.4. The molecule has 1 saturated heterocycles. The first-order valence-corrected chi connectivity index (χ1v) is 9.70. The summed E-state index contributed by atoms with van der Waals surface area (Å²) in [5.74, 6) is -0.577. The lowest BCUT2D eigenvalue weighted by molar-refractivity contribution is -0.129. The molecule has 1 unspecified atom stereocenters. The molecule has 8 nitrogen and oxygen atoms in total. The third-order valence-corrected chi connectivity index (χ3v) is 5.48. The van der Waals surface area contributed by atoms with Gasteiger partial charge < -0.3 is 16.1 Å². The second-order valence-electron chi connectivity index (χ2n) is 5.78. The van der Waals surface area contributed by atoms with Gasteiger partial charge in [0.2, 0.25) is 5.91 Å². The molecular formula is C15H24N5O3P. The van der Waals surface area contributed by atoms with Gasteiger partial charge in [-0.2, -0.15) is 0 Å². The number of hydrogen-bond acceptors (Lipinski definition) is 4. The second-order valence-corrected chi connectivity index (χ2v) is 7.73. The summed E-state index contributed by atoms with van der Waals surface area (Å²) in [6, 6.07) is 5.76. The van der Waals surface area contributed by atoms with Crippen LogP contribution in [0.25, 0.3) is 0 Å². The van der Waals surface area contributed by atoms with E-state index in [-0.39, 0.29) is 5.91 Å². The third-order valence-electron chi connectivity index (χ3n) is 3.79. The highest BCUT2D eigenvalue weighted by Crippen LogP contribution is 2.43. The number of anilines is 1. The highest BCUT2D eigenvalue weighted by molar-refractivity contribution is 7.61. The van der Waals surface area contributed by atoms with Gasteiger partial charge in [-0.1, -0.05) is 6.92 Å². The van der Waals surface area contributed by atoms with E-state index in [0.717, 1.165) is 11.1 Å². The van der Waals surface area contributed by atoms with E-state index in [1.165, 1.54) is 0 Å². The number of carbonyl (C=O) groups excluding carboxylic acids is 2. The van der Waals surface area contributed by atoms with Gasteiger partial charge >= 0.3 is 7.59 Å². The molecule has 1 aliphatic heterocycles. The molecule has 0 radical (unpaired) electrons. The van der Waals surface area contributed by atoms with Gasteiger partial charge in [-0.15, -0.1) is 0 Å². The molecule has 0 aromatic heterocycles. The van der Waals surface area contributed by atoms with Crippen LogP contribution in [0, 0.1) is 0 Å². The number of piperidine rings is 1. The van der Waals surface area contributed by atoms with Crippen LogP contribution in [0.2, 0.25) is 0 Å². The van der Waals surface area contributed by atoms with Gasteiger partial charge in [-0.3, -0.25) is 18.8 Å². The van der Waals surface area contributed by atoms with Gasteiger partial charge in [-0.25, -0.2) is 5.50 Å². The average Bonchev–Trinajstić information content (AvgIpc) is 2.55. The number of amides is 2. The molecule has 1 aromatic rings.